The van der Waals surface area contributed by atoms with E-state index in [1.54, 1.807) is 11.3 Å². The van der Waals surface area contributed by atoms with Gasteiger partial charge in [-0.1, -0.05) is 20.4 Å². The zero-order valence-electron chi connectivity index (χ0n) is 13.9. The molecular weight excluding hydrogens is 328 g/mol. The Morgan fingerprint density at radius 1 is 1.35 bits per heavy atom. The molecule has 0 atom stereocenters. The number of hydrogen-bond donors (Lipinski definition) is 2. The molecule has 6 heteroatoms. The highest BCUT2D eigenvalue weighted by Crippen LogP contribution is 2.43. The van der Waals surface area contributed by atoms with Gasteiger partial charge in [0.2, 0.25) is 10.0 Å². The van der Waals surface area contributed by atoms with E-state index in [4.69, 9.17) is 0 Å². The molecule has 1 aromatic rings. The average Bonchev–Trinajstić information content (AvgIpc) is 3.26. The molecule has 0 aromatic carbocycles. The summed E-state index contributed by atoms with van der Waals surface area (Å²) in [6, 6.07) is 0. The number of anilines is 1. The summed E-state index contributed by atoms with van der Waals surface area (Å²) in [7, 11) is -3.48. The maximum absolute atomic E-state index is 12.9. The number of rotatable bonds is 7. The first kappa shape index (κ1) is 17.0. The predicted octanol–water partition coefficient (Wildman–Crippen LogP) is 4.39. The Balaban J connectivity index is 0.00000156. The van der Waals surface area contributed by atoms with Gasteiger partial charge in [-0.05, 0) is 55.9 Å². The lowest BCUT2D eigenvalue weighted by atomic mass is 9.99. The van der Waals surface area contributed by atoms with Crippen LogP contribution < -0.4 is 10.0 Å². The lowest BCUT2D eigenvalue weighted by molar-refractivity contribution is 0.558. The standard InChI is InChI=1S/C17H26N2O2S2.2H2/c1-11(2)10-18-23(20,21)16-14-6-4-5-7-15(14)22-17(16)19-12(3)13-8-9-13;;/h11,13,18-19H,3-10H2,1-2H3;2*1H. The zero-order chi connectivity index (χ0) is 16.6. The van der Waals surface area contributed by atoms with Gasteiger partial charge in [0.05, 0.1) is 0 Å². The minimum absolute atomic E-state index is 0. The van der Waals surface area contributed by atoms with Gasteiger partial charge in [-0.25, -0.2) is 13.1 Å². The van der Waals surface area contributed by atoms with Crippen LogP contribution >= 0.6 is 11.3 Å². The molecule has 0 aliphatic heterocycles. The Bertz CT molecular complexity index is 710. The van der Waals surface area contributed by atoms with Crippen LogP contribution in [0.1, 0.15) is 52.8 Å². The Hall–Kier alpha value is -0.850. The minimum atomic E-state index is -3.48. The van der Waals surface area contributed by atoms with E-state index < -0.39 is 10.0 Å². The Kier molecular flexibility index (Phi) is 4.85. The molecule has 4 nitrogen and oxygen atoms in total. The molecule has 0 spiro atoms. The van der Waals surface area contributed by atoms with Gasteiger partial charge in [-0.15, -0.1) is 11.3 Å². The quantitative estimate of drug-likeness (QED) is 0.760. The molecule has 2 aliphatic carbocycles. The van der Waals surface area contributed by atoms with Gasteiger partial charge in [-0.3, -0.25) is 0 Å². The molecule has 2 aliphatic rings. The largest absolute Gasteiger partial charge is 0.350 e. The summed E-state index contributed by atoms with van der Waals surface area (Å²) >= 11 is 1.61. The van der Waals surface area contributed by atoms with Gasteiger partial charge in [0, 0.05) is 20.0 Å². The highest BCUT2D eigenvalue weighted by molar-refractivity contribution is 7.90. The highest BCUT2D eigenvalue weighted by Gasteiger charge is 2.32. The maximum Gasteiger partial charge on any atom is 0.243 e. The summed E-state index contributed by atoms with van der Waals surface area (Å²) in [4.78, 5) is 1.71. The van der Waals surface area contributed by atoms with Gasteiger partial charge in [0.15, 0.2) is 0 Å². The molecule has 132 valence electrons. The van der Waals surface area contributed by atoms with Crippen molar-refractivity contribution < 1.29 is 11.3 Å². The number of thiophene rings is 1. The Morgan fingerprint density at radius 3 is 2.70 bits per heavy atom. The summed E-state index contributed by atoms with van der Waals surface area (Å²) < 4.78 is 28.5. The van der Waals surface area contributed by atoms with E-state index in [1.165, 1.54) is 4.88 Å². The van der Waals surface area contributed by atoms with Crippen LogP contribution in [-0.2, 0) is 22.9 Å². The number of allylic oxidation sites excluding steroid dienone is 1. The van der Waals surface area contributed by atoms with Crippen LogP contribution in [0.25, 0.3) is 0 Å². The topological polar surface area (TPSA) is 58.2 Å². The van der Waals surface area contributed by atoms with Gasteiger partial charge in [0.25, 0.3) is 0 Å². The van der Waals surface area contributed by atoms with Crippen molar-refractivity contribution in [2.45, 2.75) is 57.3 Å². The van der Waals surface area contributed by atoms with Crippen LogP contribution in [0.15, 0.2) is 17.2 Å². The summed E-state index contributed by atoms with van der Waals surface area (Å²) in [6.45, 7) is 8.59. The summed E-state index contributed by atoms with van der Waals surface area (Å²) in [6.07, 6.45) is 6.38. The summed E-state index contributed by atoms with van der Waals surface area (Å²) in [5.74, 6) is 0.797. The van der Waals surface area contributed by atoms with Crippen molar-refractivity contribution in [3.05, 3.63) is 22.7 Å². The first-order valence-electron chi connectivity index (χ1n) is 8.48. The van der Waals surface area contributed by atoms with Gasteiger partial charge in [-0.2, -0.15) is 0 Å². The van der Waals surface area contributed by atoms with E-state index in [9.17, 15) is 8.42 Å². The molecule has 0 bridgehead atoms. The van der Waals surface area contributed by atoms with Crippen molar-refractivity contribution in [3.8, 4) is 0 Å². The van der Waals surface area contributed by atoms with Crippen molar-refractivity contribution in [2.75, 3.05) is 11.9 Å². The van der Waals surface area contributed by atoms with E-state index in [1.807, 2.05) is 13.8 Å². The van der Waals surface area contributed by atoms with Crippen LogP contribution in [0.3, 0.4) is 0 Å². The number of aryl methyl sites for hydroxylation is 1. The van der Waals surface area contributed by atoms with E-state index in [0.717, 1.165) is 54.8 Å². The van der Waals surface area contributed by atoms with E-state index in [2.05, 4.69) is 16.6 Å². The lowest BCUT2D eigenvalue weighted by Gasteiger charge is -2.15. The number of hydrogen-bond acceptors (Lipinski definition) is 4. The first-order chi connectivity index (χ1) is 10.9. The lowest BCUT2D eigenvalue weighted by Crippen LogP contribution is -2.28. The van der Waals surface area contributed by atoms with Crippen molar-refractivity contribution >= 4 is 26.4 Å². The second-order valence-electron chi connectivity index (χ2n) is 7.04. The van der Waals surface area contributed by atoms with Crippen LogP contribution in [0.4, 0.5) is 5.00 Å². The molecule has 0 unspecified atom stereocenters. The third-order valence-electron chi connectivity index (χ3n) is 4.42. The summed E-state index contributed by atoms with van der Waals surface area (Å²) in [5, 5.41) is 4.10. The molecule has 1 fully saturated rings. The van der Waals surface area contributed by atoms with Gasteiger partial charge >= 0.3 is 0 Å². The molecule has 1 aromatic heterocycles. The van der Waals surface area contributed by atoms with Crippen LogP contribution in [0, 0.1) is 11.8 Å². The second kappa shape index (κ2) is 6.57. The van der Waals surface area contributed by atoms with Gasteiger partial charge in [0.1, 0.15) is 9.90 Å². The number of fused-ring (bicyclic) bond motifs is 1. The normalized spacial score (nSPS) is 18.0. The SMILES string of the molecule is C=C(Nc1sc2c(c1S(=O)(=O)NCC(C)C)CCCC2)C1CC1.[HH].[HH]. The fraction of sp³-hybridized carbons (Fsp3) is 0.647. The van der Waals surface area contributed by atoms with Crippen LogP contribution in [0.2, 0.25) is 0 Å². The molecule has 3 rings (SSSR count). The average molecular weight is 359 g/mol. The molecular formula is C17H30N2O2S2. The van der Waals surface area contributed by atoms with E-state index >= 15 is 0 Å². The molecule has 0 amide bonds. The fourth-order valence-electron chi connectivity index (χ4n) is 2.93. The third-order valence-corrected chi connectivity index (χ3v) is 7.29. The zero-order valence-corrected chi connectivity index (χ0v) is 15.6. The third kappa shape index (κ3) is 3.80. The van der Waals surface area contributed by atoms with E-state index in [0.29, 0.717) is 17.4 Å². The molecule has 1 heterocycles. The van der Waals surface area contributed by atoms with Crippen LogP contribution in [0.5, 0.6) is 0 Å². The van der Waals surface area contributed by atoms with Crippen molar-refractivity contribution in [1.82, 2.24) is 4.72 Å². The van der Waals surface area contributed by atoms with Crippen molar-refractivity contribution in [3.63, 3.8) is 0 Å². The first-order valence-corrected chi connectivity index (χ1v) is 10.8. The van der Waals surface area contributed by atoms with Gasteiger partial charge < -0.3 is 5.32 Å². The molecule has 1 saturated carbocycles. The molecule has 0 radical (unpaired) electrons. The fourth-order valence-corrected chi connectivity index (χ4v) is 6.21. The minimum Gasteiger partial charge on any atom is -0.350 e. The highest BCUT2D eigenvalue weighted by atomic mass is 32.2. The Labute approximate surface area is 146 Å². The molecule has 2 N–H and O–H groups in total. The summed E-state index contributed by atoms with van der Waals surface area (Å²) in [5.41, 5.74) is 1.99. The molecule has 23 heavy (non-hydrogen) atoms. The van der Waals surface area contributed by atoms with Crippen molar-refractivity contribution in [1.29, 1.82) is 0 Å². The Morgan fingerprint density at radius 2 is 2.04 bits per heavy atom. The number of sulfonamides is 1. The van der Waals surface area contributed by atoms with E-state index in [-0.39, 0.29) is 8.77 Å². The van der Waals surface area contributed by atoms with Crippen molar-refractivity contribution in [2.24, 2.45) is 11.8 Å². The maximum atomic E-state index is 12.9. The second-order valence-corrected chi connectivity index (χ2v) is 9.85. The smallest absolute Gasteiger partial charge is 0.243 e. The van der Waals surface area contributed by atoms with Crippen LogP contribution in [-0.4, -0.2) is 15.0 Å². The monoisotopic (exact) mass is 358 g/mol. The predicted molar refractivity (Wildman–Crippen MR) is 101 cm³/mol. The number of nitrogens with one attached hydrogen (secondary N) is 2. The molecule has 0 saturated heterocycles.